The molecule has 8 nitrogen and oxygen atoms in total. The van der Waals surface area contributed by atoms with Gasteiger partial charge in [-0.15, -0.1) is 0 Å². The lowest BCUT2D eigenvalue weighted by Crippen LogP contribution is -2.47. The molecule has 1 aliphatic rings. The minimum Gasteiger partial charge on any atom is -0.366 e. The van der Waals surface area contributed by atoms with Gasteiger partial charge in [0.15, 0.2) is 0 Å². The number of H-pyrrole nitrogens is 1. The van der Waals surface area contributed by atoms with E-state index in [4.69, 9.17) is 11.6 Å². The summed E-state index contributed by atoms with van der Waals surface area (Å²) >= 11 is 5.81. The number of piperazine rings is 1. The Morgan fingerprint density at radius 2 is 1.92 bits per heavy atom. The lowest BCUT2D eigenvalue weighted by Gasteiger charge is -2.32. The molecular weight excluding hydrogens is 378 g/mol. The molecule has 2 N–H and O–H groups in total. The van der Waals surface area contributed by atoms with Crippen molar-refractivity contribution in [3.05, 3.63) is 51.5 Å². The summed E-state index contributed by atoms with van der Waals surface area (Å²) < 4.78 is 27.6. The number of likely N-dealkylation sites (N-methyl/N-ethyl adjacent to an activating group) is 1. The van der Waals surface area contributed by atoms with E-state index in [1.807, 2.05) is 7.05 Å². The average molecular weight is 398 g/mol. The Labute approximate surface area is 156 Å². The van der Waals surface area contributed by atoms with Gasteiger partial charge in [0.05, 0.1) is 4.90 Å². The third kappa shape index (κ3) is 4.24. The molecule has 1 aliphatic heterocycles. The minimum absolute atomic E-state index is 0.158. The fourth-order valence-corrected chi connectivity index (χ4v) is 4.60. The van der Waals surface area contributed by atoms with E-state index in [0.717, 1.165) is 0 Å². The molecule has 0 aliphatic carbocycles. The molecular formula is C16H20ClN5O3S. The molecule has 140 valence electrons. The molecule has 1 fully saturated rings. The molecule has 2 heterocycles. The Hall–Kier alpha value is -1.94. The van der Waals surface area contributed by atoms with Crippen molar-refractivity contribution in [2.45, 2.75) is 11.4 Å². The van der Waals surface area contributed by atoms with E-state index in [0.29, 0.717) is 31.7 Å². The van der Waals surface area contributed by atoms with Crippen LogP contribution in [0.5, 0.6) is 0 Å². The van der Waals surface area contributed by atoms with Crippen LogP contribution in [0.1, 0.15) is 5.56 Å². The molecule has 0 atom stereocenters. The highest BCUT2D eigenvalue weighted by Gasteiger charge is 2.29. The molecule has 10 heteroatoms. The summed E-state index contributed by atoms with van der Waals surface area (Å²) in [5, 5.41) is 3.12. The summed E-state index contributed by atoms with van der Waals surface area (Å²) in [7, 11) is -1.61. The van der Waals surface area contributed by atoms with E-state index < -0.39 is 15.7 Å². The fraction of sp³-hybridized carbons (Fsp3) is 0.375. The summed E-state index contributed by atoms with van der Waals surface area (Å²) in [4.78, 5) is 19.9. The second kappa shape index (κ2) is 7.75. The number of nitrogens with one attached hydrogen (secondary N) is 2. The van der Waals surface area contributed by atoms with Crippen molar-refractivity contribution in [3.63, 3.8) is 0 Å². The van der Waals surface area contributed by atoms with Crippen LogP contribution in [0, 0.1) is 0 Å². The Bertz CT molecular complexity index is 939. The highest BCUT2D eigenvalue weighted by atomic mass is 35.5. The van der Waals surface area contributed by atoms with Crippen LogP contribution in [0.25, 0.3) is 0 Å². The molecule has 3 rings (SSSR count). The topological polar surface area (TPSA) is 98.4 Å². The molecule has 1 saturated heterocycles. The molecule has 0 radical (unpaired) electrons. The summed E-state index contributed by atoms with van der Waals surface area (Å²) in [5.41, 5.74) is 0.0305. The molecule has 0 spiro atoms. The van der Waals surface area contributed by atoms with Gasteiger partial charge >= 0.3 is 5.69 Å². The SMILES string of the molecule is CN1CCN(S(=O)(=O)c2ccccc2CNc2cc(Cl)[nH]c(=O)n2)CC1. The van der Waals surface area contributed by atoms with Crippen molar-refractivity contribution in [2.75, 3.05) is 38.5 Å². The van der Waals surface area contributed by atoms with Crippen LogP contribution in [-0.2, 0) is 16.6 Å². The Morgan fingerprint density at radius 3 is 2.62 bits per heavy atom. The first kappa shape index (κ1) is 18.8. The number of aromatic amines is 1. The number of sulfonamides is 1. The largest absolute Gasteiger partial charge is 0.366 e. The van der Waals surface area contributed by atoms with Gasteiger partial charge in [-0.3, -0.25) is 4.98 Å². The smallest absolute Gasteiger partial charge is 0.347 e. The second-order valence-corrected chi connectivity index (χ2v) is 8.40. The number of benzene rings is 1. The van der Waals surface area contributed by atoms with Crippen LogP contribution in [0.3, 0.4) is 0 Å². The predicted octanol–water partition coefficient (Wildman–Crippen LogP) is 0.971. The third-order valence-corrected chi connectivity index (χ3v) is 6.43. The van der Waals surface area contributed by atoms with Gasteiger partial charge in [-0.05, 0) is 18.7 Å². The molecule has 26 heavy (non-hydrogen) atoms. The van der Waals surface area contributed by atoms with Gasteiger partial charge in [0, 0.05) is 38.8 Å². The predicted molar refractivity (Wildman–Crippen MR) is 99.9 cm³/mol. The zero-order valence-corrected chi connectivity index (χ0v) is 15.8. The van der Waals surface area contributed by atoms with Gasteiger partial charge in [-0.25, -0.2) is 13.2 Å². The standard InChI is InChI=1S/C16H20ClN5O3S/c1-21-6-8-22(9-7-21)26(24,25)13-5-3-2-4-12(13)11-18-15-10-14(17)19-16(23)20-15/h2-5,10H,6-9,11H2,1H3,(H2,18,19,20,23). The summed E-state index contributed by atoms with van der Waals surface area (Å²) in [6.07, 6.45) is 0. The number of hydrogen-bond donors (Lipinski definition) is 2. The quantitative estimate of drug-likeness (QED) is 0.729. The minimum atomic E-state index is -3.58. The summed E-state index contributed by atoms with van der Waals surface area (Å²) in [6.45, 7) is 2.54. The second-order valence-electron chi connectivity index (χ2n) is 6.09. The van der Waals surface area contributed by atoms with E-state index in [1.54, 1.807) is 24.3 Å². The molecule has 0 bridgehead atoms. The maximum Gasteiger partial charge on any atom is 0.347 e. The number of hydrogen-bond acceptors (Lipinski definition) is 6. The van der Waals surface area contributed by atoms with Crippen LogP contribution in [0.4, 0.5) is 5.82 Å². The van der Waals surface area contributed by atoms with Gasteiger partial charge in [0.2, 0.25) is 10.0 Å². The van der Waals surface area contributed by atoms with Crippen molar-refractivity contribution in [2.24, 2.45) is 0 Å². The highest BCUT2D eigenvalue weighted by molar-refractivity contribution is 7.89. The van der Waals surface area contributed by atoms with Crippen LogP contribution in [-0.4, -0.2) is 60.8 Å². The summed E-state index contributed by atoms with van der Waals surface area (Å²) in [6, 6.07) is 8.29. The maximum absolute atomic E-state index is 13.0. The zero-order valence-electron chi connectivity index (χ0n) is 14.3. The Kier molecular flexibility index (Phi) is 5.61. The van der Waals surface area contributed by atoms with Gasteiger partial charge in [0.1, 0.15) is 11.0 Å². The van der Waals surface area contributed by atoms with Crippen LogP contribution >= 0.6 is 11.6 Å². The fourth-order valence-electron chi connectivity index (χ4n) is 2.77. The first-order chi connectivity index (χ1) is 12.4. The summed E-state index contributed by atoms with van der Waals surface area (Å²) in [5.74, 6) is 0.283. The van der Waals surface area contributed by atoms with E-state index in [9.17, 15) is 13.2 Å². The van der Waals surface area contributed by atoms with Crippen molar-refractivity contribution in [1.82, 2.24) is 19.2 Å². The van der Waals surface area contributed by atoms with Gasteiger partial charge < -0.3 is 10.2 Å². The number of anilines is 1. The first-order valence-electron chi connectivity index (χ1n) is 8.13. The Morgan fingerprint density at radius 1 is 1.23 bits per heavy atom. The Balaban J connectivity index is 1.82. The first-order valence-corrected chi connectivity index (χ1v) is 9.95. The van der Waals surface area contributed by atoms with E-state index in [-0.39, 0.29) is 22.4 Å². The molecule has 1 aromatic heterocycles. The van der Waals surface area contributed by atoms with E-state index >= 15 is 0 Å². The average Bonchev–Trinajstić information content (AvgIpc) is 2.60. The number of nitrogens with zero attached hydrogens (tertiary/aromatic N) is 3. The third-order valence-electron chi connectivity index (χ3n) is 4.22. The number of halogens is 1. The van der Waals surface area contributed by atoms with Crippen LogP contribution in [0.15, 0.2) is 40.0 Å². The lowest BCUT2D eigenvalue weighted by atomic mass is 10.2. The van der Waals surface area contributed by atoms with Crippen molar-refractivity contribution in [3.8, 4) is 0 Å². The molecule has 0 unspecified atom stereocenters. The van der Waals surface area contributed by atoms with E-state index in [1.165, 1.54) is 10.4 Å². The van der Waals surface area contributed by atoms with Crippen molar-refractivity contribution in [1.29, 1.82) is 0 Å². The van der Waals surface area contributed by atoms with Gasteiger partial charge in [-0.1, -0.05) is 29.8 Å². The van der Waals surface area contributed by atoms with Crippen molar-refractivity contribution < 1.29 is 8.42 Å². The van der Waals surface area contributed by atoms with Gasteiger partial charge in [0.25, 0.3) is 0 Å². The van der Waals surface area contributed by atoms with Crippen LogP contribution < -0.4 is 11.0 Å². The molecule has 2 aromatic rings. The number of aromatic nitrogens is 2. The normalized spacial score (nSPS) is 16.5. The lowest BCUT2D eigenvalue weighted by molar-refractivity contribution is 0.222. The molecule has 0 saturated carbocycles. The molecule has 0 amide bonds. The molecule has 1 aromatic carbocycles. The van der Waals surface area contributed by atoms with Crippen molar-refractivity contribution >= 4 is 27.4 Å². The maximum atomic E-state index is 13.0. The highest BCUT2D eigenvalue weighted by Crippen LogP contribution is 2.22. The van der Waals surface area contributed by atoms with Gasteiger partial charge in [-0.2, -0.15) is 9.29 Å². The van der Waals surface area contributed by atoms with Crippen LogP contribution in [0.2, 0.25) is 5.15 Å². The monoisotopic (exact) mass is 397 g/mol. The van der Waals surface area contributed by atoms with E-state index in [2.05, 4.69) is 20.2 Å². The zero-order chi connectivity index (χ0) is 18.7. The number of rotatable bonds is 5.